The summed E-state index contributed by atoms with van der Waals surface area (Å²) in [6.45, 7) is 4.12. The highest BCUT2D eigenvalue weighted by Gasteiger charge is 2.09. The monoisotopic (exact) mass is 332 g/mol. The van der Waals surface area contributed by atoms with Crippen LogP contribution in [-0.2, 0) is 6.42 Å². The normalized spacial score (nSPS) is 10.3. The predicted octanol–water partition coefficient (Wildman–Crippen LogP) is 4.34. The minimum absolute atomic E-state index is 0.265. The van der Waals surface area contributed by atoms with E-state index in [1.54, 1.807) is 6.07 Å². The number of nitrogens with zero attached hydrogens (tertiary/aromatic N) is 2. The van der Waals surface area contributed by atoms with E-state index in [0.29, 0.717) is 11.5 Å². The molecule has 0 aliphatic carbocycles. The maximum absolute atomic E-state index is 12.4. The van der Waals surface area contributed by atoms with Crippen molar-refractivity contribution in [1.82, 2.24) is 9.97 Å². The second kappa shape index (κ2) is 7.57. The largest absolute Gasteiger partial charge is 0.340 e. The molecule has 0 radical (unpaired) electrons. The molecule has 0 unspecified atom stereocenters. The molecule has 1 aromatic heterocycles. The van der Waals surface area contributed by atoms with Crippen LogP contribution in [0.4, 0.5) is 17.2 Å². The second-order valence-corrected chi connectivity index (χ2v) is 5.79. The number of amides is 1. The van der Waals surface area contributed by atoms with Gasteiger partial charge in [-0.3, -0.25) is 4.79 Å². The molecule has 1 amide bonds. The van der Waals surface area contributed by atoms with Gasteiger partial charge in [-0.05, 0) is 48.7 Å². The minimum Gasteiger partial charge on any atom is -0.340 e. The molecular formula is C20H20N4O. The van der Waals surface area contributed by atoms with Gasteiger partial charge < -0.3 is 10.6 Å². The third kappa shape index (κ3) is 4.41. The number of anilines is 3. The molecule has 0 bridgehead atoms. The topological polar surface area (TPSA) is 66.9 Å². The summed E-state index contributed by atoms with van der Waals surface area (Å²) in [5, 5.41) is 6.04. The van der Waals surface area contributed by atoms with Crippen LogP contribution in [0.2, 0.25) is 0 Å². The smallest absolute Gasteiger partial charge is 0.274 e. The van der Waals surface area contributed by atoms with Crippen LogP contribution < -0.4 is 10.6 Å². The van der Waals surface area contributed by atoms with Crippen LogP contribution in [-0.4, -0.2) is 15.9 Å². The first-order valence-corrected chi connectivity index (χ1v) is 8.20. The standard InChI is InChI=1S/C20H20N4O/c1-3-15-7-9-16(10-8-15)24-20(25)18-12-19(22-13-21-18)23-17-6-4-5-14(2)11-17/h4-13H,3H2,1-2H3,(H,24,25)(H,21,22,23). The van der Waals surface area contributed by atoms with Crippen LogP contribution in [0.3, 0.4) is 0 Å². The molecule has 0 fully saturated rings. The number of aromatic nitrogens is 2. The number of aryl methyl sites for hydroxylation is 2. The van der Waals surface area contributed by atoms with Crippen LogP contribution in [0.15, 0.2) is 60.9 Å². The Morgan fingerprint density at radius 2 is 1.80 bits per heavy atom. The molecule has 0 saturated carbocycles. The molecule has 5 nitrogen and oxygen atoms in total. The van der Waals surface area contributed by atoms with Gasteiger partial charge in [0.2, 0.25) is 0 Å². The zero-order chi connectivity index (χ0) is 17.6. The van der Waals surface area contributed by atoms with E-state index in [0.717, 1.165) is 23.4 Å². The number of nitrogens with one attached hydrogen (secondary N) is 2. The van der Waals surface area contributed by atoms with Gasteiger partial charge in [0.15, 0.2) is 0 Å². The summed E-state index contributed by atoms with van der Waals surface area (Å²) in [6, 6.07) is 17.4. The van der Waals surface area contributed by atoms with E-state index < -0.39 is 0 Å². The van der Waals surface area contributed by atoms with E-state index in [-0.39, 0.29) is 5.91 Å². The van der Waals surface area contributed by atoms with Gasteiger partial charge in [-0.15, -0.1) is 0 Å². The van der Waals surface area contributed by atoms with Crippen molar-refractivity contribution >= 4 is 23.1 Å². The number of carbonyl (C=O) groups is 1. The Morgan fingerprint density at radius 3 is 2.52 bits per heavy atom. The Kier molecular flexibility index (Phi) is 5.04. The zero-order valence-electron chi connectivity index (χ0n) is 14.3. The minimum atomic E-state index is -0.265. The first-order chi connectivity index (χ1) is 12.1. The summed E-state index contributed by atoms with van der Waals surface area (Å²) in [4.78, 5) is 20.6. The lowest BCUT2D eigenvalue weighted by Crippen LogP contribution is -2.14. The van der Waals surface area contributed by atoms with Crippen LogP contribution in [0.1, 0.15) is 28.5 Å². The van der Waals surface area contributed by atoms with Gasteiger partial charge >= 0.3 is 0 Å². The highest BCUT2D eigenvalue weighted by atomic mass is 16.1. The fourth-order valence-electron chi connectivity index (χ4n) is 2.44. The lowest BCUT2D eigenvalue weighted by atomic mass is 10.1. The van der Waals surface area contributed by atoms with E-state index in [4.69, 9.17) is 0 Å². The summed E-state index contributed by atoms with van der Waals surface area (Å²) in [7, 11) is 0. The highest BCUT2D eigenvalue weighted by molar-refractivity contribution is 6.03. The molecule has 25 heavy (non-hydrogen) atoms. The van der Waals surface area contributed by atoms with Gasteiger partial charge in [0, 0.05) is 17.4 Å². The fraction of sp³-hybridized carbons (Fsp3) is 0.150. The third-order valence-electron chi connectivity index (χ3n) is 3.81. The maximum Gasteiger partial charge on any atom is 0.274 e. The Bertz CT molecular complexity index is 875. The third-order valence-corrected chi connectivity index (χ3v) is 3.81. The Labute approximate surface area is 147 Å². The molecular weight excluding hydrogens is 312 g/mol. The SMILES string of the molecule is CCc1ccc(NC(=O)c2cc(Nc3cccc(C)c3)ncn2)cc1. The van der Waals surface area contributed by atoms with E-state index >= 15 is 0 Å². The number of carbonyl (C=O) groups excluding carboxylic acids is 1. The highest BCUT2D eigenvalue weighted by Crippen LogP contribution is 2.17. The Morgan fingerprint density at radius 1 is 1.00 bits per heavy atom. The van der Waals surface area contributed by atoms with E-state index in [9.17, 15) is 4.79 Å². The van der Waals surface area contributed by atoms with Crippen LogP contribution in [0.25, 0.3) is 0 Å². The lowest BCUT2D eigenvalue weighted by molar-refractivity contribution is 0.102. The molecule has 3 aromatic rings. The van der Waals surface area contributed by atoms with E-state index in [1.807, 2.05) is 55.5 Å². The molecule has 1 heterocycles. The van der Waals surface area contributed by atoms with E-state index in [1.165, 1.54) is 11.9 Å². The quantitative estimate of drug-likeness (QED) is 0.729. The average molecular weight is 332 g/mol. The zero-order valence-corrected chi connectivity index (χ0v) is 14.3. The van der Waals surface area contributed by atoms with Crippen molar-refractivity contribution in [1.29, 1.82) is 0 Å². The second-order valence-electron chi connectivity index (χ2n) is 5.79. The fourth-order valence-corrected chi connectivity index (χ4v) is 2.44. The first kappa shape index (κ1) is 16.6. The number of hydrogen-bond acceptors (Lipinski definition) is 4. The molecule has 3 rings (SSSR count). The summed E-state index contributed by atoms with van der Waals surface area (Å²) < 4.78 is 0. The Hall–Kier alpha value is -3.21. The summed E-state index contributed by atoms with van der Waals surface area (Å²) in [5.41, 5.74) is 4.34. The van der Waals surface area contributed by atoms with Gasteiger partial charge in [0.05, 0.1) is 0 Å². The van der Waals surface area contributed by atoms with Gasteiger partial charge in [-0.2, -0.15) is 0 Å². The van der Waals surface area contributed by atoms with Crippen molar-refractivity contribution in [2.75, 3.05) is 10.6 Å². The molecule has 126 valence electrons. The van der Waals surface area contributed by atoms with Gasteiger partial charge in [0.1, 0.15) is 17.8 Å². The van der Waals surface area contributed by atoms with Crippen molar-refractivity contribution in [2.45, 2.75) is 20.3 Å². The van der Waals surface area contributed by atoms with Crippen molar-refractivity contribution < 1.29 is 4.79 Å². The van der Waals surface area contributed by atoms with Crippen LogP contribution in [0.5, 0.6) is 0 Å². The van der Waals surface area contributed by atoms with Gasteiger partial charge in [-0.25, -0.2) is 9.97 Å². The average Bonchev–Trinajstić information content (AvgIpc) is 2.62. The van der Waals surface area contributed by atoms with Crippen molar-refractivity contribution in [2.24, 2.45) is 0 Å². The number of rotatable bonds is 5. The van der Waals surface area contributed by atoms with Crippen LogP contribution in [0, 0.1) is 6.92 Å². The summed E-state index contributed by atoms with van der Waals surface area (Å²) in [5.74, 6) is 0.311. The maximum atomic E-state index is 12.4. The lowest BCUT2D eigenvalue weighted by Gasteiger charge is -2.08. The van der Waals surface area contributed by atoms with Gasteiger partial charge in [-0.1, -0.05) is 31.2 Å². The molecule has 2 N–H and O–H groups in total. The van der Waals surface area contributed by atoms with Crippen molar-refractivity contribution in [3.8, 4) is 0 Å². The molecule has 0 atom stereocenters. The number of benzene rings is 2. The van der Waals surface area contributed by atoms with Gasteiger partial charge in [0.25, 0.3) is 5.91 Å². The summed E-state index contributed by atoms with van der Waals surface area (Å²) >= 11 is 0. The van der Waals surface area contributed by atoms with Crippen molar-refractivity contribution in [3.05, 3.63) is 77.7 Å². The van der Waals surface area contributed by atoms with Crippen molar-refractivity contribution in [3.63, 3.8) is 0 Å². The van der Waals surface area contributed by atoms with Crippen LogP contribution >= 0.6 is 0 Å². The summed E-state index contributed by atoms with van der Waals surface area (Å²) in [6.07, 6.45) is 2.35. The molecule has 0 aliphatic rings. The van der Waals surface area contributed by atoms with E-state index in [2.05, 4.69) is 27.5 Å². The molecule has 0 saturated heterocycles. The Balaban J connectivity index is 1.72. The molecule has 0 aliphatic heterocycles. The molecule has 5 heteroatoms. The molecule has 0 spiro atoms. The molecule has 2 aromatic carbocycles. The predicted molar refractivity (Wildman–Crippen MR) is 100 cm³/mol. The first-order valence-electron chi connectivity index (χ1n) is 8.20. The number of hydrogen-bond donors (Lipinski definition) is 2.